The molecule has 1 aromatic rings. The molecule has 0 bridgehead atoms. The average molecular weight is 286 g/mol. The summed E-state index contributed by atoms with van der Waals surface area (Å²) in [5.74, 6) is 0.591. The Morgan fingerprint density at radius 1 is 1.50 bits per heavy atom. The summed E-state index contributed by atoms with van der Waals surface area (Å²) in [4.78, 5) is 2.44. The third-order valence-corrected chi connectivity index (χ3v) is 4.09. The minimum Gasteiger partial charge on any atom is -0.295 e. The average Bonchev–Trinajstić information content (AvgIpc) is 2.59. The van der Waals surface area contributed by atoms with Gasteiger partial charge in [-0.1, -0.05) is 35.0 Å². The number of hydrogen-bond donors (Lipinski definition) is 0. The highest BCUT2D eigenvalue weighted by Crippen LogP contribution is 2.26. The third-order valence-electron chi connectivity index (χ3n) is 3.43. The van der Waals surface area contributed by atoms with Crippen molar-refractivity contribution in [1.82, 2.24) is 4.90 Å². The minimum atomic E-state index is -0.139. The molecule has 1 aliphatic heterocycles. The topological polar surface area (TPSA) is 3.24 Å². The number of hydrogen-bond acceptors (Lipinski definition) is 1. The van der Waals surface area contributed by atoms with Crippen LogP contribution in [0.3, 0.4) is 0 Å². The third kappa shape index (κ3) is 2.64. The number of halogens is 2. The molecule has 16 heavy (non-hydrogen) atoms. The van der Waals surface area contributed by atoms with Gasteiger partial charge in [0.05, 0.1) is 0 Å². The molecule has 1 heterocycles. The van der Waals surface area contributed by atoms with Crippen LogP contribution in [0.25, 0.3) is 0 Å². The van der Waals surface area contributed by atoms with Gasteiger partial charge in [0.2, 0.25) is 0 Å². The summed E-state index contributed by atoms with van der Waals surface area (Å²) in [6.45, 7) is 4.27. The lowest BCUT2D eigenvalue weighted by Crippen LogP contribution is -2.32. The van der Waals surface area contributed by atoms with Gasteiger partial charge in [0.1, 0.15) is 5.82 Å². The number of alkyl halides is 1. The van der Waals surface area contributed by atoms with Gasteiger partial charge in [-0.15, -0.1) is 0 Å². The Morgan fingerprint density at radius 2 is 2.31 bits per heavy atom. The Balaban J connectivity index is 2.04. The Hall–Kier alpha value is -0.410. The van der Waals surface area contributed by atoms with Crippen LogP contribution in [0.2, 0.25) is 0 Å². The van der Waals surface area contributed by atoms with Gasteiger partial charge in [0, 0.05) is 17.9 Å². The molecule has 1 fully saturated rings. The maximum absolute atomic E-state index is 13.1. The largest absolute Gasteiger partial charge is 0.295 e. The molecule has 0 aliphatic carbocycles. The Labute approximate surface area is 105 Å². The van der Waals surface area contributed by atoms with Crippen LogP contribution in [0.1, 0.15) is 18.9 Å². The van der Waals surface area contributed by atoms with Crippen molar-refractivity contribution in [3.8, 4) is 0 Å². The normalized spacial score (nSPS) is 26.2. The van der Waals surface area contributed by atoms with E-state index in [1.54, 1.807) is 12.1 Å². The second-order valence-corrected chi connectivity index (χ2v) is 5.24. The van der Waals surface area contributed by atoms with Crippen LogP contribution in [0.4, 0.5) is 4.39 Å². The van der Waals surface area contributed by atoms with E-state index < -0.39 is 0 Å². The van der Waals surface area contributed by atoms with E-state index in [9.17, 15) is 4.39 Å². The second kappa shape index (κ2) is 5.28. The lowest BCUT2D eigenvalue weighted by Gasteiger charge is -2.25. The molecule has 3 heteroatoms. The van der Waals surface area contributed by atoms with E-state index in [2.05, 4.69) is 27.8 Å². The highest BCUT2D eigenvalue weighted by Gasteiger charge is 2.29. The zero-order valence-corrected chi connectivity index (χ0v) is 11.1. The van der Waals surface area contributed by atoms with Crippen molar-refractivity contribution >= 4 is 15.9 Å². The zero-order valence-electron chi connectivity index (χ0n) is 9.50. The van der Waals surface area contributed by atoms with E-state index in [1.807, 2.05) is 6.07 Å². The standard InChI is InChI=1S/C13H17BrFN/c1-10-5-6-16(13(10)8-14)9-11-3-2-4-12(15)7-11/h2-4,7,10,13H,5-6,8-9H2,1H3. The summed E-state index contributed by atoms with van der Waals surface area (Å²) >= 11 is 3.57. The van der Waals surface area contributed by atoms with Gasteiger partial charge in [-0.2, -0.15) is 0 Å². The Morgan fingerprint density at radius 3 is 3.00 bits per heavy atom. The van der Waals surface area contributed by atoms with E-state index >= 15 is 0 Å². The lowest BCUT2D eigenvalue weighted by molar-refractivity contribution is 0.244. The molecule has 1 aliphatic rings. The second-order valence-electron chi connectivity index (χ2n) is 4.59. The van der Waals surface area contributed by atoms with Crippen molar-refractivity contribution in [2.75, 3.05) is 11.9 Å². The molecule has 0 radical (unpaired) electrons. The minimum absolute atomic E-state index is 0.139. The number of nitrogens with zero attached hydrogens (tertiary/aromatic N) is 1. The fourth-order valence-electron chi connectivity index (χ4n) is 2.40. The SMILES string of the molecule is CC1CCN(Cc2cccc(F)c2)C1CBr. The van der Waals surface area contributed by atoms with Crippen LogP contribution >= 0.6 is 15.9 Å². The van der Waals surface area contributed by atoms with Crippen molar-refractivity contribution in [2.24, 2.45) is 5.92 Å². The molecule has 2 unspecified atom stereocenters. The Bertz CT molecular complexity index is 356. The van der Waals surface area contributed by atoms with Crippen molar-refractivity contribution in [3.05, 3.63) is 35.6 Å². The van der Waals surface area contributed by atoms with Crippen LogP contribution in [-0.4, -0.2) is 22.8 Å². The Kier molecular flexibility index (Phi) is 3.98. The monoisotopic (exact) mass is 285 g/mol. The van der Waals surface area contributed by atoms with Gasteiger partial charge in [-0.3, -0.25) is 4.90 Å². The molecular weight excluding hydrogens is 269 g/mol. The molecular formula is C13H17BrFN. The van der Waals surface area contributed by atoms with Crippen molar-refractivity contribution in [3.63, 3.8) is 0 Å². The van der Waals surface area contributed by atoms with E-state index in [1.165, 1.54) is 12.5 Å². The molecule has 1 saturated heterocycles. The molecule has 0 N–H and O–H groups in total. The fourth-order valence-corrected chi connectivity index (χ4v) is 3.45. The molecule has 88 valence electrons. The van der Waals surface area contributed by atoms with Gasteiger partial charge in [-0.05, 0) is 36.6 Å². The molecule has 1 aromatic carbocycles. The van der Waals surface area contributed by atoms with E-state index in [4.69, 9.17) is 0 Å². The van der Waals surface area contributed by atoms with Crippen LogP contribution in [0.5, 0.6) is 0 Å². The molecule has 0 amide bonds. The summed E-state index contributed by atoms with van der Waals surface area (Å²) < 4.78 is 13.1. The first-order valence-corrected chi connectivity index (χ1v) is 6.87. The molecule has 0 aromatic heterocycles. The number of likely N-dealkylation sites (tertiary alicyclic amines) is 1. The van der Waals surface area contributed by atoms with E-state index in [0.717, 1.165) is 29.9 Å². The van der Waals surface area contributed by atoms with Gasteiger partial charge in [0.15, 0.2) is 0 Å². The summed E-state index contributed by atoms with van der Waals surface area (Å²) in [7, 11) is 0. The molecule has 0 saturated carbocycles. The van der Waals surface area contributed by atoms with Crippen molar-refractivity contribution < 1.29 is 4.39 Å². The highest BCUT2D eigenvalue weighted by molar-refractivity contribution is 9.09. The smallest absolute Gasteiger partial charge is 0.123 e. The summed E-state index contributed by atoms with van der Waals surface area (Å²) in [6.07, 6.45) is 1.24. The van der Waals surface area contributed by atoms with Crippen molar-refractivity contribution in [1.29, 1.82) is 0 Å². The van der Waals surface area contributed by atoms with Gasteiger partial charge in [0.25, 0.3) is 0 Å². The van der Waals surface area contributed by atoms with E-state index in [0.29, 0.717) is 6.04 Å². The molecule has 2 rings (SSSR count). The predicted molar refractivity (Wildman–Crippen MR) is 68.2 cm³/mol. The number of benzene rings is 1. The van der Waals surface area contributed by atoms with Crippen LogP contribution in [0, 0.1) is 11.7 Å². The summed E-state index contributed by atoms with van der Waals surface area (Å²) in [5, 5.41) is 1.00. The summed E-state index contributed by atoms with van der Waals surface area (Å²) in [5.41, 5.74) is 1.07. The van der Waals surface area contributed by atoms with Crippen LogP contribution < -0.4 is 0 Å². The quantitative estimate of drug-likeness (QED) is 0.769. The number of rotatable bonds is 3. The van der Waals surface area contributed by atoms with Crippen LogP contribution in [0.15, 0.2) is 24.3 Å². The maximum atomic E-state index is 13.1. The van der Waals surface area contributed by atoms with Gasteiger partial charge >= 0.3 is 0 Å². The maximum Gasteiger partial charge on any atom is 0.123 e. The zero-order chi connectivity index (χ0) is 11.5. The molecule has 0 spiro atoms. The molecule has 1 nitrogen and oxygen atoms in total. The first-order chi connectivity index (χ1) is 7.70. The van der Waals surface area contributed by atoms with Crippen LogP contribution in [-0.2, 0) is 6.54 Å². The van der Waals surface area contributed by atoms with E-state index in [-0.39, 0.29) is 5.82 Å². The summed E-state index contributed by atoms with van der Waals surface area (Å²) in [6, 6.07) is 7.50. The predicted octanol–water partition coefficient (Wildman–Crippen LogP) is 3.43. The molecule has 2 atom stereocenters. The lowest BCUT2D eigenvalue weighted by atomic mass is 10.0. The van der Waals surface area contributed by atoms with Crippen molar-refractivity contribution in [2.45, 2.75) is 25.9 Å². The highest BCUT2D eigenvalue weighted by atomic mass is 79.9. The first kappa shape index (κ1) is 12.1. The van der Waals surface area contributed by atoms with Gasteiger partial charge < -0.3 is 0 Å². The van der Waals surface area contributed by atoms with Gasteiger partial charge in [-0.25, -0.2) is 4.39 Å². The fraction of sp³-hybridized carbons (Fsp3) is 0.538. The first-order valence-electron chi connectivity index (χ1n) is 5.75.